The van der Waals surface area contributed by atoms with Crippen LogP contribution in [0.1, 0.15) is 29.6 Å². The van der Waals surface area contributed by atoms with Crippen molar-refractivity contribution in [3.63, 3.8) is 0 Å². The van der Waals surface area contributed by atoms with E-state index in [1.54, 1.807) is 17.0 Å². The van der Waals surface area contributed by atoms with Gasteiger partial charge in [-0.1, -0.05) is 6.07 Å². The van der Waals surface area contributed by atoms with E-state index in [-0.39, 0.29) is 27.6 Å². The van der Waals surface area contributed by atoms with Gasteiger partial charge in [-0.05, 0) is 37.5 Å². The first kappa shape index (κ1) is 21.3. The number of fused-ring (bicyclic) bond motifs is 1. The third-order valence-electron chi connectivity index (χ3n) is 5.18. The quantitative estimate of drug-likeness (QED) is 0.599. The number of anilines is 1. The Balaban J connectivity index is 1.79. The number of methoxy groups -OCH3 is 2. The monoisotopic (exact) mass is 462 g/mol. The van der Waals surface area contributed by atoms with E-state index in [1.165, 1.54) is 32.4 Å². The molecule has 1 saturated heterocycles. The number of aromatic nitrogens is 2. The molecule has 0 spiro atoms. The summed E-state index contributed by atoms with van der Waals surface area (Å²) in [5.41, 5.74) is 1.09. The molecule has 2 heterocycles. The van der Waals surface area contributed by atoms with Crippen LogP contribution in [0.25, 0.3) is 11.0 Å². The first-order valence-electron chi connectivity index (χ1n) is 9.74. The van der Waals surface area contributed by atoms with E-state index < -0.39 is 10.0 Å². The van der Waals surface area contributed by atoms with Crippen molar-refractivity contribution in [2.24, 2.45) is 0 Å². The van der Waals surface area contributed by atoms with E-state index in [4.69, 9.17) is 9.47 Å². The fourth-order valence-corrected chi connectivity index (χ4v) is 5.44. The van der Waals surface area contributed by atoms with Crippen LogP contribution in [0.3, 0.4) is 0 Å². The van der Waals surface area contributed by atoms with Gasteiger partial charge in [-0.15, -0.1) is 0 Å². The zero-order valence-electron chi connectivity index (χ0n) is 17.1. The van der Waals surface area contributed by atoms with Crippen LogP contribution in [0.5, 0.6) is 11.5 Å². The molecule has 164 valence electrons. The number of hydrogen-bond donors (Lipinski definition) is 1. The number of nitrogens with one attached hydrogen (secondary N) is 1. The van der Waals surface area contributed by atoms with Crippen LogP contribution in [0.2, 0.25) is 0 Å². The molecular weight excluding hydrogens is 440 g/mol. The van der Waals surface area contributed by atoms with Crippen molar-refractivity contribution < 1.29 is 22.7 Å². The maximum atomic E-state index is 13.3. The lowest BCUT2D eigenvalue weighted by molar-refractivity contribution is 0.0725. The second-order valence-corrected chi connectivity index (χ2v) is 9.28. The number of carbonyl (C=O) groups is 1. The SMILES string of the molecule is COc1cc(NS(=O)(=O)c2cccc3nsnc23)c(C(=O)N2CCCCC2)cc1OC. The Morgan fingerprint density at radius 3 is 2.48 bits per heavy atom. The second-order valence-electron chi connectivity index (χ2n) is 7.10. The van der Waals surface area contributed by atoms with Crippen LogP contribution in [-0.4, -0.2) is 55.3 Å². The summed E-state index contributed by atoms with van der Waals surface area (Å²) in [7, 11) is -1.14. The van der Waals surface area contributed by atoms with Gasteiger partial charge < -0.3 is 14.4 Å². The van der Waals surface area contributed by atoms with Crippen molar-refractivity contribution in [2.75, 3.05) is 32.0 Å². The van der Waals surface area contributed by atoms with E-state index in [2.05, 4.69) is 13.5 Å². The molecule has 2 aromatic carbocycles. The van der Waals surface area contributed by atoms with Crippen LogP contribution >= 0.6 is 11.7 Å². The summed E-state index contributed by atoms with van der Waals surface area (Å²) >= 11 is 0.938. The number of ether oxygens (including phenoxy) is 2. The van der Waals surface area contributed by atoms with Crippen LogP contribution < -0.4 is 14.2 Å². The van der Waals surface area contributed by atoms with Gasteiger partial charge in [-0.25, -0.2) is 8.42 Å². The predicted octanol–water partition coefficient (Wildman–Crippen LogP) is 3.14. The lowest BCUT2D eigenvalue weighted by Gasteiger charge is -2.28. The Labute approximate surface area is 184 Å². The highest BCUT2D eigenvalue weighted by Gasteiger charge is 2.27. The molecule has 0 atom stereocenters. The molecule has 0 radical (unpaired) electrons. The van der Waals surface area contributed by atoms with Gasteiger partial charge >= 0.3 is 0 Å². The van der Waals surface area contributed by atoms with Crippen molar-refractivity contribution in [3.8, 4) is 11.5 Å². The number of carbonyl (C=O) groups excluding carboxylic acids is 1. The molecule has 1 aromatic heterocycles. The van der Waals surface area contributed by atoms with Gasteiger partial charge in [-0.2, -0.15) is 8.75 Å². The third-order valence-corrected chi connectivity index (χ3v) is 7.12. The molecule has 11 heteroatoms. The summed E-state index contributed by atoms with van der Waals surface area (Å²) in [6, 6.07) is 7.73. The van der Waals surface area contributed by atoms with Crippen molar-refractivity contribution >= 4 is 44.4 Å². The Morgan fingerprint density at radius 1 is 1.06 bits per heavy atom. The van der Waals surface area contributed by atoms with Gasteiger partial charge in [0, 0.05) is 19.2 Å². The molecule has 4 rings (SSSR count). The first-order valence-corrected chi connectivity index (χ1v) is 12.0. The average molecular weight is 463 g/mol. The minimum atomic E-state index is -4.05. The molecule has 0 bridgehead atoms. The summed E-state index contributed by atoms with van der Waals surface area (Å²) in [6.07, 6.45) is 2.90. The fourth-order valence-electron chi connectivity index (χ4n) is 3.61. The highest BCUT2D eigenvalue weighted by Crippen LogP contribution is 2.36. The largest absolute Gasteiger partial charge is 0.493 e. The summed E-state index contributed by atoms with van der Waals surface area (Å²) in [5.74, 6) is 0.396. The van der Waals surface area contributed by atoms with Gasteiger partial charge in [0.1, 0.15) is 15.9 Å². The standard InChI is InChI=1S/C20H22N4O5S2/c1-28-16-11-13(20(25)24-9-4-3-5-10-24)15(12-17(16)29-2)23-31(26,27)18-8-6-7-14-19(18)22-30-21-14/h6-8,11-12,23H,3-5,9-10H2,1-2H3. The van der Waals surface area contributed by atoms with Crippen molar-refractivity contribution in [2.45, 2.75) is 24.2 Å². The molecule has 0 saturated carbocycles. The minimum absolute atomic E-state index is 0.00935. The molecule has 1 aliphatic rings. The molecule has 0 aliphatic carbocycles. The van der Waals surface area contributed by atoms with E-state index >= 15 is 0 Å². The second kappa shape index (κ2) is 8.67. The Bertz CT molecular complexity index is 1220. The van der Waals surface area contributed by atoms with Crippen molar-refractivity contribution in [1.29, 1.82) is 0 Å². The number of amides is 1. The van der Waals surface area contributed by atoms with Gasteiger partial charge in [0.15, 0.2) is 11.5 Å². The zero-order chi connectivity index (χ0) is 22.0. The van der Waals surface area contributed by atoms with Gasteiger partial charge in [0.2, 0.25) is 0 Å². The minimum Gasteiger partial charge on any atom is -0.493 e. The van der Waals surface area contributed by atoms with Crippen LogP contribution in [0.15, 0.2) is 35.2 Å². The fraction of sp³-hybridized carbons (Fsp3) is 0.350. The number of rotatable bonds is 6. The number of benzene rings is 2. The lowest BCUT2D eigenvalue weighted by atomic mass is 10.1. The Hall–Kier alpha value is -2.92. The molecule has 1 fully saturated rings. The van der Waals surface area contributed by atoms with E-state index in [0.717, 1.165) is 31.0 Å². The van der Waals surface area contributed by atoms with Gasteiger partial charge in [0.05, 0.1) is 37.2 Å². The van der Waals surface area contributed by atoms with Gasteiger partial charge in [0.25, 0.3) is 15.9 Å². The van der Waals surface area contributed by atoms with Crippen LogP contribution in [-0.2, 0) is 10.0 Å². The van der Waals surface area contributed by atoms with E-state index in [9.17, 15) is 13.2 Å². The maximum absolute atomic E-state index is 13.3. The summed E-state index contributed by atoms with van der Waals surface area (Å²) < 4.78 is 47.9. The molecule has 9 nitrogen and oxygen atoms in total. The number of piperidine rings is 1. The third kappa shape index (κ3) is 4.15. The highest BCUT2D eigenvalue weighted by molar-refractivity contribution is 7.93. The molecular formula is C20H22N4O5S2. The summed E-state index contributed by atoms with van der Waals surface area (Å²) in [5, 5.41) is 0. The number of hydrogen-bond acceptors (Lipinski definition) is 8. The topological polar surface area (TPSA) is 111 Å². The predicted molar refractivity (Wildman–Crippen MR) is 118 cm³/mol. The summed E-state index contributed by atoms with van der Waals surface area (Å²) in [6.45, 7) is 1.26. The van der Waals surface area contributed by atoms with Gasteiger partial charge in [-0.3, -0.25) is 9.52 Å². The number of sulfonamides is 1. The smallest absolute Gasteiger partial charge is 0.264 e. The molecule has 1 N–H and O–H groups in total. The van der Waals surface area contributed by atoms with Crippen LogP contribution in [0.4, 0.5) is 5.69 Å². The molecule has 31 heavy (non-hydrogen) atoms. The molecule has 3 aromatic rings. The van der Waals surface area contributed by atoms with E-state index in [1.807, 2.05) is 0 Å². The molecule has 1 aliphatic heterocycles. The van der Waals surface area contributed by atoms with E-state index in [0.29, 0.717) is 30.1 Å². The first-order chi connectivity index (χ1) is 14.9. The normalized spacial score (nSPS) is 14.5. The average Bonchev–Trinajstić information content (AvgIpc) is 3.27. The Morgan fingerprint density at radius 2 is 1.77 bits per heavy atom. The number of nitrogens with zero attached hydrogens (tertiary/aromatic N) is 3. The number of likely N-dealkylation sites (tertiary alicyclic amines) is 1. The summed E-state index contributed by atoms with van der Waals surface area (Å²) in [4.78, 5) is 15.0. The van der Waals surface area contributed by atoms with Crippen LogP contribution in [0, 0.1) is 0 Å². The van der Waals surface area contributed by atoms with Crippen molar-refractivity contribution in [1.82, 2.24) is 13.6 Å². The highest BCUT2D eigenvalue weighted by atomic mass is 32.2. The van der Waals surface area contributed by atoms with Crippen molar-refractivity contribution in [3.05, 3.63) is 35.9 Å². The molecule has 1 amide bonds. The maximum Gasteiger partial charge on any atom is 0.264 e. The zero-order valence-corrected chi connectivity index (χ0v) is 18.8. The molecule has 0 unspecified atom stereocenters. The Kier molecular flexibility index (Phi) is 5.96. The lowest BCUT2D eigenvalue weighted by Crippen LogP contribution is -2.36.